The number of fused-ring (bicyclic) bond motifs is 2. The van der Waals surface area contributed by atoms with E-state index in [-0.39, 0.29) is 18.4 Å². The number of rotatable bonds is 2. The molecular weight excluding hydrogens is 242 g/mol. The largest absolute Gasteiger partial charge is 0.342 e. The molecule has 0 spiro atoms. The Labute approximate surface area is 114 Å². The molecule has 3 rings (SSSR count). The molecule has 3 aliphatic rings. The summed E-state index contributed by atoms with van der Waals surface area (Å²) in [6.07, 6.45) is 5.42. The number of nitrogens with zero attached hydrogens (tertiary/aromatic N) is 2. The molecule has 2 bridgehead atoms. The van der Waals surface area contributed by atoms with Crippen molar-refractivity contribution in [3.63, 3.8) is 0 Å². The van der Waals surface area contributed by atoms with Crippen LogP contribution in [0.4, 0.5) is 0 Å². The molecule has 0 aromatic rings. The minimum Gasteiger partial charge on any atom is -0.342 e. The molecule has 2 unspecified atom stereocenters. The van der Waals surface area contributed by atoms with Crippen molar-refractivity contribution in [1.29, 1.82) is 0 Å². The van der Waals surface area contributed by atoms with Crippen LogP contribution in [0.2, 0.25) is 0 Å². The molecule has 2 atom stereocenters. The van der Waals surface area contributed by atoms with Crippen LogP contribution in [0.5, 0.6) is 0 Å². The fourth-order valence-electron chi connectivity index (χ4n) is 3.69. The molecule has 0 radical (unpaired) electrons. The summed E-state index contributed by atoms with van der Waals surface area (Å²) in [5.74, 6) is 0.749. The fraction of sp³-hybridized carbons (Fsp3) is 0.857. The van der Waals surface area contributed by atoms with Gasteiger partial charge in [0.2, 0.25) is 11.8 Å². The maximum absolute atomic E-state index is 12.3. The summed E-state index contributed by atoms with van der Waals surface area (Å²) in [6.45, 7) is 1.63. The topological polar surface area (TPSA) is 52.6 Å². The van der Waals surface area contributed by atoms with E-state index < -0.39 is 0 Å². The van der Waals surface area contributed by atoms with Crippen LogP contribution in [-0.4, -0.2) is 60.4 Å². The van der Waals surface area contributed by atoms with Gasteiger partial charge in [-0.05, 0) is 31.6 Å². The van der Waals surface area contributed by atoms with Crippen molar-refractivity contribution in [2.24, 2.45) is 5.92 Å². The monoisotopic (exact) mass is 265 g/mol. The van der Waals surface area contributed by atoms with Crippen LogP contribution in [0.25, 0.3) is 0 Å². The van der Waals surface area contributed by atoms with Crippen LogP contribution in [-0.2, 0) is 9.59 Å². The van der Waals surface area contributed by atoms with Gasteiger partial charge in [-0.15, -0.1) is 0 Å². The third-order valence-corrected chi connectivity index (χ3v) is 4.84. The Bertz CT molecular complexity index is 373. The first-order valence-corrected chi connectivity index (χ1v) is 7.39. The van der Waals surface area contributed by atoms with Crippen molar-refractivity contribution < 1.29 is 9.59 Å². The van der Waals surface area contributed by atoms with E-state index in [1.807, 2.05) is 0 Å². The lowest BCUT2D eigenvalue weighted by Crippen LogP contribution is -2.51. The number of hydrogen-bond donors (Lipinski definition) is 1. The lowest BCUT2D eigenvalue weighted by molar-refractivity contribution is -0.144. The summed E-state index contributed by atoms with van der Waals surface area (Å²) < 4.78 is 0. The molecule has 5 heteroatoms. The lowest BCUT2D eigenvalue weighted by atomic mass is 9.89. The first kappa shape index (κ1) is 12.9. The minimum atomic E-state index is 0.0602. The minimum absolute atomic E-state index is 0.0602. The van der Waals surface area contributed by atoms with Crippen molar-refractivity contribution in [3.05, 3.63) is 0 Å². The van der Waals surface area contributed by atoms with Crippen LogP contribution >= 0.6 is 0 Å². The molecule has 3 aliphatic heterocycles. The maximum Gasteiger partial charge on any atom is 0.241 e. The lowest BCUT2D eigenvalue weighted by Gasteiger charge is -2.34. The van der Waals surface area contributed by atoms with E-state index in [1.54, 1.807) is 16.8 Å². The molecule has 19 heavy (non-hydrogen) atoms. The number of nitrogens with one attached hydrogen (secondary N) is 1. The van der Waals surface area contributed by atoms with Gasteiger partial charge in [0.05, 0.1) is 6.54 Å². The second-order valence-corrected chi connectivity index (χ2v) is 6.31. The predicted octanol–water partition coefficient (Wildman–Crippen LogP) is 0.208. The fourth-order valence-corrected chi connectivity index (χ4v) is 3.69. The van der Waals surface area contributed by atoms with Crippen LogP contribution < -0.4 is 5.32 Å². The van der Waals surface area contributed by atoms with Gasteiger partial charge in [0.15, 0.2) is 0 Å². The zero-order chi connectivity index (χ0) is 13.4. The molecule has 3 heterocycles. The summed E-state index contributed by atoms with van der Waals surface area (Å²) >= 11 is 0. The van der Waals surface area contributed by atoms with Gasteiger partial charge in [-0.25, -0.2) is 0 Å². The number of hydrogen-bond acceptors (Lipinski definition) is 3. The van der Waals surface area contributed by atoms with E-state index in [9.17, 15) is 9.59 Å². The SMILES string of the molecule is CN1CCN(C(=O)CC2CC3CCC(C2)N3)CC1=O. The molecule has 0 saturated carbocycles. The quantitative estimate of drug-likeness (QED) is 0.776. The summed E-state index contributed by atoms with van der Waals surface area (Å²) in [5, 5.41) is 3.60. The zero-order valence-electron chi connectivity index (χ0n) is 11.6. The molecule has 0 aromatic carbocycles. The van der Waals surface area contributed by atoms with Crippen molar-refractivity contribution in [2.75, 3.05) is 26.7 Å². The average Bonchev–Trinajstić information content (AvgIpc) is 2.72. The number of piperidine rings is 1. The molecule has 5 nitrogen and oxygen atoms in total. The standard InChI is InChI=1S/C14H23N3O2/c1-16-4-5-17(9-14(16)19)13(18)8-10-6-11-2-3-12(7-10)15-11/h10-12,15H,2-9H2,1H3. The van der Waals surface area contributed by atoms with Gasteiger partial charge in [-0.3, -0.25) is 9.59 Å². The van der Waals surface area contributed by atoms with Gasteiger partial charge in [0.25, 0.3) is 0 Å². The summed E-state index contributed by atoms with van der Waals surface area (Å²) in [7, 11) is 1.80. The number of piperazine rings is 1. The Hall–Kier alpha value is -1.10. The average molecular weight is 265 g/mol. The van der Waals surface area contributed by atoms with E-state index in [0.29, 0.717) is 37.5 Å². The molecule has 0 aliphatic carbocycles. The third-order valence-electron chi connectivity index (χ3n) is 4.84. The van der Waals surface area contributed by atoms with Gasteiger partial charge in [0, 0.05) is 38.6 Å². The highest BCUT2D eigenvalue weighted by Gasteiger charge is 2.35. The van der Waals surface area contributed by atoms with Gasteiger partial charge in [-0.1, -0.05) is 0 Å². The highest BCUT2D eigenvalue weighted by atomic mass is 16.2. The summed E-state index contributed by atoms with van der Waals surface area (Å²) in [5.41, 5.74) is 0. The number of amides is 2. The molecular formula is C14H23N3O2. The predicted molar refractivity (Wildman–Crippen MR) is 71.5 cm³/mol. The molecule has 3 saturated heterocycles. The van der Waals surface area contributed by atoms with E-state index >= 15 is 0 Å². The van der Waals surface area contributed by atoms with E-state index in [0.717, 1.165) is 12.8 Å². The van der Waals surface area contributed by atoms with Crippen molar-refractivity contribution in [1.82, 2.24) is 15.1 Å². The van der Waals surface area contributed by atoms with Crippen LogP contribution in [0, 0.1) is 5.92 Å². The van der Waals surface area contributed by atoms with Crippen molar-refractivity contribution >= 4 is 11.8 Å². The van der Waals surface area contributed by atoms with E-state index in [1.165, 1.54) is 12.8 Å². The van der Waals surface area contributed by atoms with Gasteiger partial charge >= 0.3 is 0 Å². The van der Waals surface area contributed by atoms with E-state index in [2.05, 4.69) is 5.32 Å². The smallest absolute Gasteiger partial charge is 0.241 e. The molecule has 2 amide bonds. The Morgan fingerprint density at radius 1 is 1.26 bits per heavy atom. The van der Waals surface area contributed by atoms with Gasteiger partial charge < -0.3 is 15.1 Å². The zero-order valence-corrected chi connectivity index (χ0v) is 11.6. The van der Waals surface area contributed by atoms with Crippen LogP contribution in [0.1, 0.15) is 32.1 Å². The van der Waals surface area contributed by atoms with Crippen LogP contribution in [0.3, 0.4) is 0 Å². The molecule has 106 valence electrons. The second-order valence-electron chi connectivity index (χ2n) is 6.31. The number of carbonyl (C=O) groups excluding carboxylic acids is 2. The summed E-state index contributed by atoms with van der Waals surface area (Å²) in [4.78, 5) is 27.4. The van der Waals surface area contributed by atoms with Crippen molar-refractivity contribution in [3.8, 4) is 0 Å². The highest BCUT2D eigenvalue weighted by molar-refractivity contribution is 5.85. The molecule has 0 aromatic heterocycles. The molecule has 1 N–H and O–H groups in total. The van der Waals surface area contributed by atoms with Crippen molar-refractivity contribution in [2.45, 2.75) is 44.2 Å². The van der Waals surface area contributed by atoms with Gasteiger partial charge in [0.1, 0.15) is 0 Å². The van der Waals surface area contributed by atoms with Gasteiger partial charge in [-0.2, -0.15) is 0 Å². The Kier molecular flexibility index (Phi) is 3.48. The Balaban J connectivity index is 1.52. The van der Waals surface area contributed by atoms with E-state index in [4.69, 9.17) is 0 Å². The Morgan fingerprint density at radius 2 is 1.95 bits per heavy atom. The first-order chi connectivity index (χ1) is 9.11. The third kappa shape index (κ3) is 2.76. The second kappa shape index (κ2) is 5.12. The molecule has 3 fully saturated rings. The highest BCUT2D eigenvalue weighted by Crippen LogP contribution is 2.33. The number of likely N-dealkylation sites (N-methyl/N-ethyl adjacent to an activating group) is 1. The maximum atomic E-state index is 12.3. The van der Waals surface area contributed by atoms with Crippen LogP contribution in [0.15, 0.2) is 0 Å². The number of carbonyl (C=O) groups is 2. The summed E-state index contributed by atoms with van der Waals surface area (Å²) in [6, 6.07) is 1.26. The first-order valence-electron chi connectivity index (χ1n) is 7.39. The normalized spacial score (nSPS) is 34.8. The Morgan fingerprint density at radius 3 is 2.58 bits per heavy atom.